The Hall–Kier alpha value is -0.130. The summed E-state index contributed by atoms with van der Waals surface area (Å²) < 4.78 is 0. The molecule has 1 aliphatic rings. The quantitative estimate of drug-likeness (QED) is 0.528. The van der Waals surface area contributed by atoms with Gasteiger partial charge in [-0.05, 0) is 43.7 Å². The van der Waals surface area contributed by atoms with E-state index in [2.05, 4.69) is 28.9 Å². The summed E-state index contributed by atoms with van der Waals surface area (Å²) >= 11 is 2.09. The van der Waals surface area contributed by atoms with Crippen LogP contribution in [0.1, 0.15) is 19.8 Å². The fraction of sp³-hybridized carbons (Fsp3) is 0.800. The fourth-order valence-electron chi connectivity index (χ4n) is 1.38. The Morgan fingerprint density at radius 1 is 1.42 bits per heavy atom. The molecule has 1 nitrogen and oxygen atoms in total. The lowest BCUT2D eigenvalue weighted by Gasteiger charge is -2.20. The maximum atomic E-state index is 3.37. The Kier molecular flexibility index (Phi) is 5.30. The Morgan fingerprint density at radius 3 is 2.83 bits per heavy atom. The van der Waals surface area contributed by atoms with Crippen LogP contribution in [0.15, 0.2) is 0 Å². The second-order valence-corrected chi connectivity index (χ2v) is 4.34. The molecule has 12 heavy (non-hydrogen) atoms. The third kappa shape index (κ3) is 4.04. The molecule has 1 saturated heterocycles. The summed E-state index contributed by atoms with van der Waals surface area (Å²) in [6.07, 6.45) is 2.77. The second-order valence-electron chi connectivity index (χ2n) is 3.11. The van der Waals surface area contributed by atoms with Gasteiger partial charge < -0.3 is 5.32 Å². The Balaban J connectivity index is 2.00. The standard InChI is InChI=1S/C10H17NS/c1-2-3-6-11-9-10-4-7-12-8-5-10/h10-11H,4-9H2,1H3. The van der Waals surface area contributed by atoms with Gasteiger partial charge in [-0.15, -0.1) is 5.92 Å². The summed E-state index contributed by atoms with van der Waals surface area (Å²) in [7, 11) is 0. The van der Waals surface area contributed by atoms with Crippen molar-refractivity contribution in [3.05, 3.63) is 0 Å². The third-order valence-corrected chi connectivity index (χ3v) is 3.21. The number of thioether (sulfide) groups is 1. The number of hydrogen-bond acceptors (Lipinski definition) is 2. The zero-order valence-corrected chi connectivity index (χ0v) is 8.54. The molecule has 0 aliphatic carbocycles. The molecule has 0 aromatic rings. The van der Waals surface area contributed by atoms with Crippen LogP contribution >= 0.6 is 11.8 Å². The van der Waals surface area contributed by atoms with E-state index < -0.39 is 0 Å². The van der Waals surface area contributed by atoms with Crippen molar-refractivity contribution >= 4 is 11.8 Å². The molecule has 0 aromatic carbocycles. The van der Waals surface area contributed by atoms with Crippen LogP contribution < -0.4 is 5.32 Å². The van der Waals surface area contributed by atoms with Gasteiger partial charge in [0.1, 0.15) is 0 Å². The van der Waals surface area contributed by atoms with Gasteiger partial charge >= 0.3 is 0 Å². The molecule has 0 saturated carbocycles. The Bertz CT molecular complexity index is 162. The van der Waals surface area contributed by atoms with E-state index in [1.807, 2.05) is 6.92 Å². The van der Waals surface area contributed by atoms with Crippen LogP contribution in [-0.2, 0) is 0 Å². The van der Waals surface area contributed by atoms with E-state index >= 15 is 0 Å². The minimum absolute atomic E-state index is 0.861. The Morgan fingerprint density at radius 2 is 2.17 bits per heavy atom. The highest BCUT2D eigenvalue weighted by Crippen LogP contribution is 2.21. The van der Waals surface area contributed by atoms with E-state index in [4.69, 9.17) is 0 Å². The van der Waals surface area contributed by atoms with E-state index in [1.165, 1.54) is 24.3 Å². The van der Waals surface area contributed by atoms with Gasteiger partial charge in [0.15, 0.2) is 0 Å². The monoisotopic (exact) mass is 183 g/mol. The first-order chi connectivity index (χ1) is 5.93. The predicted molar refractivity (Wildman–Crippen MR) is 56.4 cm³/mol. The first-order valence-electron chi connectivity index (χ1n) is 4.61. The maximum Gasteiger partial charge on any atom is 0.0576 e. The van der Waals surface area contributed by atoms with Gasteiger partial charge in [0, 0.05) is 0 Å². The van der Waals surface area contributed by atoms with E-state index in [1.54, 1.807) is 0 Å². The van der Waals surface area contributed by atoms with E-state index in [0.29, 0.717) is 0 Å². The summed E-state index contributed by atoms with van der Waals surface area (Å²) in [6, 6.07) is 0. The molecule has 0 bridgehead atoms. The molecule has 68 valence electrons. The average Bonchev–Trinajstić information content (AvgIpc) is 2.14. The number of nitrogens with one attached hydrogen (secondary N) is 1. The summed E-state index contributed by atoms with van der Waals surface area (Å²) in [6.45, 7) is 3.91. The molecular formula is C10H17NS. The molecule has 1 rings (SSSR count). The second kappa shape index (κ2) is 6.39. The molecule has 2 heteroatoms. The van der Waals surface area contributed by atoms with Crippen molar-refractivity contribution < 1.29 is 0 Å². The summed E-state index contributed by atoms with van der Waals surface area (Å²) in [5, 5.41) is 3.37. The maximum absolute atomic E-state index is 3.37. The molecule has 0 radical (unpaired) electrons. The topological polar surface area (TPSA) is 12.0 Å². The summed E-state index contributed by atoms with van der Waals surface area (Å²) in [5.74, 6) is 9.52. The molecule has 0 unspecified atom stereocenters. The zero-order chi connectivity index (χ0) is 8.65. The lowest BCUT2D eigenvalue weighted by atomic mass is 10.0. The van der Waals surface area contributed by atoms with Gasteiger partial charge in [0.2, 0.25) is 0 Å². The van der Waals surface area contributed by atoms with E-state index in [9.17, 15) is 0 Å². The van der Waals surface area contributed by atoms with E-state index in [0.717, 1.165) is 19.0 Å². The molecule has 0 atom stereocenters. The third-order valence-electron chi connectivity index (χ3n) is 2.16. The van der Waals surface area contributed by atoms with Crippen LogP contribution in [0.5, 0.6) is 0 Å². The lowest BCUT2D eigenvalue weighted by molar-refractivity contribution is 0.460. The highest BCUT2D eigenvalue weighted by molar-refractivity contribution is 7.99. The molecule has 1 aliphatic heterocycles. The van der Waals surface area contributed by atoms with Gasteiger partial charge in [0.05, 0.1) is 6.54 Å². The minimum atomic E-state index is 0.861. The van der Waals surface area contributed by atoms with Gasteiger partial charge in [-0.25, -0.2) is 0 Å². The molecule has 1 N–H and O–H groups in total. The van der Waals surface area contributed by atoms with Crippen LogP contribution in [0.2, 0.25) is 0 Å². The summed E-state index contributed by atoms with van der Waals surface area (Å²) in [4.78, 5) is 0. The van der Waals surface area contributed by atoms with Crippen LogP contribution in [0.25, 0.3) is 0 Å². The van der Waals surface area contributed by atoms with Crippen molar-refractivity contribution in [1.29, 1.82) is 0 Å². The first kappa shape index (κ1) is 9.95. The highest BCUT2D eigenvalue weighted by atomic mass is 32.2. The zero-order valence-electron chi connectivity index (χ0n) is 7.73. The molecule has 0 spiro atoms. The van der Waals surface area contributed by atoms with Crippen molar-refractivity contribution in [2.75, 3.05) is 24.6 Å². The SMILES string of the molecule is CC#CCNCC1CCSCC1. The lowest BCUT2D eigenvalue weighted by Crippen LogP contribution is -2.25. The fourth-order valence-corrected chi connectivity index (χ4v) is 2.58. The molecule has 1 fully saturated rings. The summed E-state index contributed by atoms with van der Waals surface area (Å²) in [5.41, 5.74) is 0. The normalized spacial score (nSPS) is 18.4. The first-order valence-corrected chi connectivity index (χ1v) is 5.77. The smallest absolute Gasteiger partial charge is 0.0576 e. The van der Waals surface area contributed by atoms with Crippen molar-refractivity contribution in [2.24, 2.45) is 5.92 Å². The van der Waals surface area contributed by atoms with Gasteiger partial charge in [-0.1, -0.05) is 5.92 Å². The highest BCUT2D eigenvalue weighted by Gasteiger charge is 2.12. The number of rotatable bonds is 3. The van der Waals surface area contributed by atoms with Crippen molar-refractivity contribution in [3.63, 3.8) is 0 Å². The van der Waals surface area contributed by atoms with Crippen molar-refractivity contribution in [3.8, 4) is 11.8 Å². The van der Waals surface area contributed by atoms with Crippen LogP contribution in [-0.4, -0.2) is 24.6 Å². The largest absolute Gasteiger partial charge is 0.306 e. The van der Waals surface area contributed by atoms with Gasteiger partial charge in [-0.3, -0.25) is 0 Å². The molecule has 0 aromatic heterocycles. The Labute approximate surface area is 79.7 Å². The minimum Gasteiger partial charge on any atom is -0.306 e. The van der Waals surface area contributed by atoms with Crippen molar-refractivity contribution in [1.82, 2.24) is 5.32 Å². The average molecular weight is 183 g/mol. The van der Waals surface area contributed by atoms with Crippen LogP contribution in [0, 0.1) is 17.8 Å². The van der Waals surface area contributed by atoms with Crippen LogP contribution in [0.4, 0.5) is 0 Å². The van der Waals surface area contributed by atoms with Gasteiger partial charge in [-0.2, -0.15) is 11.8 Å². The van der Waals surface area contributed by atoms with Gasteiger partial charge in [0.25, 0.3) is 0 Å². The van der Waals surface area contributed by atoms with E-state index in [-0.39, 0.29) is 0 Å². The number of hydrogen-bond donors (Lipinski definition) is 1. The predicted octanol–water partition coefficient (Wildman–Crippen LogP) is 1.74. The van der Waals surface area contributed by atoms with Crippen LogP contribution in [0.3, 0.4) is 0 Å². The molecule has 1 heterocycles. The molecular weight excluding hydrogens is 166 g/mol. The molecule has 0 amide bonds. The van der Waals surface area contributed by atoms with Crippen molar-refractivity contribution in [2.45, 2.75) is 19.8 Å².